The van der Waals surface area contributed by atoms with Gasteiger partial charge in [-0.3, -0.25) is 4.90 Å². The zero-order valence-electron chi connectivity index (χ0n) is 10.7. The molecule has 1 fully saturated rings. The van der Waals surface area contributed by atoms with E-state index in [1.54, 1.807) is 0 Å². The number of nitrogens with zero attached hydrogens (tertiary/aromatic N) is 1. The molecule has 0 aromatic carbocycles. The van der Waals surface area contributed by atoms with Crippen LogP contribution in [0.15, 0.2) is 0 Å². The maximum absolute atomic E-state index is 5.35. The summed E-state index contributed by atoms with van der Waals surface area (Å²) in [6.45, 7) is 12.7. The first-order valence-electron chi connectivity index (χ1n) is 6.18. The van der Waals surface area contributed by atoms with E-state index >= 15 is 0 Å². The van der Waals surface area contributed by atoms with Gasteiger partial charge in [0.25, 0.3) is 0 Å². The van der Waals surface area contributed by atoms with Gasteiger partial charge in [0, 0.05) is 0 Å². The Hall–Kier alpha value is -0.480. The average Bonchev–Trinajstić information content (AvgIpc) is 2.18. The quantitative estimate of drug-likeness (QED) is 0.643. The van der Waals surface area contributed by atoms with Gasteiger partial charge >= 0.3 is 0 Å². The molecule has 0 amide bonds. The van der Waals surface area contributed by atoms with Crippen LogP contribution in [0.2, 0.25) is 0 Å². The Bertz CT molecular complexity index is 216. The average molecular weight is 207 g/mol. The smallest absolute Gasteiger partial charge is 0.0598 e. The van der Waals surface area contributed by atoms with Crippen molar-refractivity contribution in [1.82, 2.24) is 4.90 Å². The van der Waals surface area contributed by atoms with E-state index < -0.39 is 0 Å². The molecule has 0 saturated carbocycles. The van der Waals surface area contributed by atoms with E-state index in [0.29, 0.717) is 5.41 Å². The van der Waals surface area contributed by atoms with Gasteiger partial charge in [0.05, 0.1) is 6.54 Å². The standard InChI is InChI=1S/C14H25N/c1-6-9-15-10-7-14(8-11-15,12(2)3)13(4)5/h1,12-13H,7-11H2,2-5H3. The molecule has 0 aromatic heterocycles. The van der Waals surface area contributed by atoms with E-state index in [1.807, 2.05) is 0 Å². The highest BCUT2D eigenvalue weighted by atomic mass is 15.1. The van der Waals surface area contributed by atoms with E-state index in [4.69, 9.17) is 6.42 Å². The third-order valence-corrected chi connectivity index (χ3v) is 4.40. The summed E-state index contributed by atoms with van der Waals surface area (Å²) in [6.07, 6.45) is 7.97. The minimum atomic E-state index is 0.547. The van der Waals surface area contributed by atoms with Crippen molar-refractivity contribution in [3.63, 3.8) is 0 Å². The summed E-state index contributed by atoms with van der Waals surface area (Å²) >= 11 is 0. The van der Waals surface area contributed by atoms with Crippen LogP contribution >= 0.6 is 0 Å². The highest BCUT2D eigenvalue weighted by Crippen LogP contribution is 2.44. The fraction of sp³-hybridized carbons (Fsp3) is 0.857. The number of likely N-dealkylation sites (tertiary alicyclic amines) is 1. The third kappa shape index (κ3) is 2.55. The second-order valence-corrected chi connectivity index (χ2v) is 5.52. The zero-order valence-corrected chi connectivity index (χ0v) is 10.7. The minimum Gasteiger partial charge on any atom is -0.292 e. The van der Waals surface area contributed by atoms with Crippen LogP contribution in [0, 0.1) is 29.6 Å². The largest absolute Gasteiger partial charge is 0.292 e. The first kappa shape index (κ1) is 12.6. The van der Waals surface area contributed by atoms with Crippen LogP contribution in [0.3, 0.4) is 0 Å². The topological polar surface area (TPSA) is 3.24 Å². The van der Waals surface area contributed by atoms with Crippen LogP contribution in [0.25, 0.3) is 0 Å². The second-order valence-electron chi connectivity index (χ2n) is 5.52. The van der Waals surface area contributed by atoms with E-state index in [9.17, 15) is 0 Å². The number of hydrogen-bond acceptors (Lipinski definition) is 1. The van der Waals surface area contributed by atoms with Gasteiger partial charge in [-0.25, -0.2) is 0 Å². The molecule has 0 radical (unpaired) electrons. The van der Waals surface area contributed by atoms with E-state index in [1.165, 1.54) is 25.9 Å². The Balaban J connectivity index is 2.62. The van der Waals surface area contributed by atoms with Gasteiger partial charge in [0.2, 0.25) is 0 Å². The van der Waals surface area contributed by atoms with Crippen molar-refractivity contribution >= 4 is 0 Å². The predicted octanol–water partition coefficient (Wildman–Crippen LogP) is 3.01. The normalized spacial score (nSPS) is 21.9. The first-order chi connectivity index (χ1) is 7.03. The van der Waals surface area contributed by atoms with Crippen LogP contribution < -0.4 is 0 Å². The number of rotatable bonds is 3. The van der Waals surface area contributed by atoms with Crippen molar-refractivity contribution in [3.05, 3.63) is 0 Å². The van der Waals surface area contributed by atoms with Gasteiger partial charge in [-0.1, -0.05) is 33.6 Å². The van der Waals surface area contributed by atoms with Crippen LogP contribution in [0.5, 0.6) is 0 Å². The molecule has 1 aliphatic heterocycles. The molecule has 0 bridgehead atoms. The Kier molecular flexibility index (Phi) is 4.22. The Morgan fingerprint density at radius 2 is 1.60 bits per heavy atom. The predicted molar refractivity (Wildman–Crippen MR) is 66.6 cm³/mol. The van der Waals surface area contributed by atoms with Gasteiger partial charge in [0.1, 0.15) is 0 Å². The van der Waals surface area contributed by atoms with Gasteiger partial charge in [-0.15, -0.1) is 6.42 Å². The fourth-order valence-corrected chi connectivity index (χ4v) is 3.08. The van der Waals surface area contributed by atoms with Gasteiger partial charge < -0.3 is 0 Å². The molecule has 0 atom stereocenters. The lowest BCUT2D eigenvalue weighted by Crippen LogP contribution is -2.45. The van der Waals surface area contributed by atoms with Crippen molar-refractivity contribution in [2.45, 2.75) is 40.5 Å². The number of terminal acetylenes is 1. The van der Waals surface area contributed by atoms with Crippen molar-refractivity contribution in [1.29, 1.82) is 0 Å². The molecule has 1 nitrogen and oxygen atoms in total. The van der Waals surface area contributed by atoms with Gasteiger partial charge in [-0.05, 0) is 43.2 Å². The summed E-state index contributed by atoms with van der Waals surface area (Å²) in [5.74, 6) is 4.31. The van der Waals surface area contributed by atoms with Gasteiger partial charge in [0.15, 0.2) is 0 Å². The lowest BCUT2D eigenvalue weighted by Gasteiger charge is -2.47. The molecular formula is C14H25N. The van der Waals surface area contributed by atoms with E-state index in [0.717, 1.165) is 18.4 Å². The summed E-state index contributed by atoms with van der Waals surface area (Å²) in [7, 11) is 0. The second kappa shape index (κ2) is 5.03. The van der Waals surface area contributed by atoms with Crippen molar-refractivity contribution in [3.8, 4) is 12.3 Å². The summed E-state index contributed by atoms with van der Waals surface area (Å²) in [5, 5.41) is 0. The Morgan fingerprint density at radius 1 is 1.13 bits per heavy atom. The van der Waals surface area contributed by atoms with Crippen LogP contribution in [0.4, 0.5) is 0 Å². The molecule has 1 saturated heterocycles. The van der Waals surface area contributed by atoms with Crippen LogP contribution in [0.1, 0.15) is 40.5 Å². The molecule has 0 N–H and O–H groups in total. The zero-order chi connectivity index (χ0) is 11.5. The molecule has 1 heterocycles. The summed E-state index contributed by atoms with van der Waals surface area (Å²) in [5.41, 5.74) is 0.547. The molecule has 0 aliphatic carbocycles. The molecule has 1 aliphatic rings. The molecule has 15 heavy (non-hydrogen) atoms. The highest BCUT2D eigenvalue weighted by Gasteiger charge is 2.39. The summed E-state index contributed by atoms with van der Waals surface area (Å²) < 4.78 is 0. The van der Waals surface area contributed by atoms with Crippen molar-refractivity contribution < 1.29 is 0 Å². The molecule has 1 rings (SSSR count). The Morgan fingerprint density at radius 3 is 1.93 bits per heavy atom. The number of piperidine rings is 1. The minimum absolute atomic E-state index is 0.547. The first-order valence-corrected chi connectivity index (χ1v) is 6.18. The fourth-order valence-electron chi connectivity index (χ4n) is 3.08. The SMILES string of the molecule is C#CCN1CCC(C(C)C)(C(C)C)CC1. The monoisotopic (exact) mass is 207 g/mol. The van der Waals surface area contributed by atoms with E-state index in [-0.39, 0.29) is 0 Å². The molecule has 0 aromatic rings. The number of hydrogen-bond donors (Lipinski definition) is 0. The molecule has 86 valence electrons. The molecular weight excluding hydrogens is 182 g/mol. The highest BCUT2D eigenvalue weighted by molar-refractivity contribution is 4.94. The van der Waals surface area contributed by atoms with Gasteiger partial charge in [-0.2, -0.15) is 0 Å². The lowest BCUT2D eigenvalue weighted by molar-refractivity contribution is 0.0240. The third-order valence-electron chi connectivity index (χ3n) is 4.40. The van der Waals surface area contributed by atoms with Crippen LogP contribution in [-0.2, 0) is 0 Å². The summed E-state index contributed by atoms with van der Waals surface area (Å²) in [4.78, 5) is 2.41. The maximum Gasteiger partial charge on any atom is 0.0598 e. The molecule has 1 heteroatoms. The molecule has 0 unspecified atom stereocenters. The van der Waals surface area contributed by atoms with E-state index in [2.05, 4.69) is 38.5 Å². The van der Waals surface area contributed by atoms with Crippen molar-refractivity contribution in [2.75, 3.05) is 19.6 Å². The maximum atomic E-state index is 5.35. The van der Waals surface area contributed by atoms with Crippen molar-refractivity contribution in [2.24, 2.45) is 17.3 Å². The lowest BCUT2D eigenvalue weighted by atomic mass is 9.63. The Labute approximate surface area is 95.2 Å². The van der Waals surface area contributed by atoms with Crippen LogP contribution in [-0.4, -0.2) is 24.5 Å². The molecule has 0 spiro atoms. The summed E-state index contributed by atoms with van der Waals surface area (Å²) in [6, 6.07) is 0.